The summed E-state index contributed by atoms with van der Waals surface area (Å²) in [6.45, 7) is 4.71. The molecule has 0 bridgehead atoms. The van der Waals surface area contributed by atoms with Crippen molar-refractivity contribution in [1.29, 1.82) is 0 Å². The van der Waals surface area contributed by atoms with Gasteiger partial charge in [0, 0.05) is 25.2 Å². The summed E-state index contributed by atoms with van der Waals surface area (Å²) < 4.78 is 0. The van der Waals surface area contributed by atoms with Gasteiger partial charge in [0.1, 0.15) is 0 Å². The van der Waals surface area contributed by atoms with Gasteiger partial charge in [-0.2, -0.15) is 0 Å². The molecule has 96 valence electrons. The SMILES string of the molecule is CNC1CCC(C)CC1N(C)CCN(C)C. The highest BCUT2D eigenvalue weighted by atomic mass is 15.2. The van der Waals surface area contributed by atoms with Crippen LogP contribution in [0.15, 0.2) is 0 Å². The highest BCUT2D eigenvalue weighted by molar-refractivity contribution is 4.88. The smallest absolute Gasteiger partial charge is 0.0249 e. The molecule has 1 rings (SSSR count). The first kappa shape index (κ1) is 13.9. The second kappa shape index (κ2) is 6.58. The maximum atomic E-state index is 3.49. The van der Waals surface area contributed by atoms with Crippen LogP contribution in [0.5, 0.6) is 0 Å². The predicted molar refractivity (Wildman–Crippen MR) is 70.8 cm³/mol. The lowest BCUT2D eigenvalue weighted by Crippen LogP contribution is -2.52. The standard InChI is InChI=1S/C13H29N3/c1-11-6-7-12(14-2)13(10-11)16(5)9-8-15(3)4/h11-14H,6-10H2,1-5H3. The van der Waals surface area contributed by atoms with Crippen molar-refractivity contribution >= 4 is 0 Å². The molecule has 1 aliphatic rings. The first-order valence-electron chi connectivity index (χ1n) is 6.56. The molecule has 3 nitrogen and oxygen atoms in total. The molecule has 0 aliphatic heterocycles. The van der Waals surface area contributed by atoms with Crippen molar-refractivity contribution < 1.29 is 0 Å². The van der Waals surface area contributed by atoms with Gasteiger partial charge in [0.05, 0.1) is 0 Å². The van der Waals surface area contributed by atoms with E-state index in [9.17, 15) is 0 Å². The van der Waals surface area contributed by atoms with Crippen molar-refractivity contribution in [2.24, 2.45) is 5.92 Å². The lowest BCUT2D eigenvalue weighted by atomic mass is 9.82. The Balaban J connectivity index is 2.46. The van der Waals surface area contributed by atoms with Crippen LogP contribution in [0.3, 0.4) is 0 Å². The molecule has 1 N–H and O–H groups in total. The quantitative estimate of drug-likeness (QED) is 0.763. The van der Waals surface area contributed by atoms with Crippen LogP contribution < -0.4 is 5.32 Å². The van der Waals surface area contributed by atoms with Gasteiger partial charge in [0.15, 0.2) is 0 Å². The Morgan fingerprint density at radius 2 is 1.81 bits per heavy atom. The third kappa shape index (κ3) is 4.04. The number of hydrogen-bond donors (Lipinski definition) is 1. The molecule has 1 aliphatic carbocycles. The average Bonchev–Trinajstić information content (AvgIpc) is 2.25. The lowest BCUT2D eigenvalue weighted by Gasteiger charge is -2.40. The van der Waals surface area contributed by atoms with Gasteiger partial charge in [-0.05, 0) is 53.4 Å². The van der Waals surface area contributed by atoms with Gasteiger partial charge < -0.3 is 15.1 Å². The molecule has 0 aromatic heterocycles. The molecule has 0 saturated heterocycles. The van der Waals surface area contributed by atoms with Gasteiger partial charge in [-0.3, -0.25) is 0 Å². The molecule has 0 heterocycles. The van der Waals surface area contributed by atoms with Crippen molar-refractivity contribution in [2.75, 3.05) is 41.3 Å². The fourth-order valence-electron chi connectivity index (χ4n) is 2.70. The Hall–Kier alpha value is -0.120. The van der Waals surface area contributed by atoms with Gasteiger partial charge in [-0.1, -0.05) is 6.92 Å². The maximum Gasteiger partial charge on any atom is 0.0249 e. The number of rotatable bonds is 5. The molecular weight excluding hydrogens is 198 g/mol. The summed E-state index contributed by atoms with van der Waals surface area (Å²) in [6.07, 6.45) is 4.05. The van der Waals surface area contributed by atoms with Crippen LogP contribution in [0.2, 0.25) is 0 Å². The summed E-state index contributed by atoms with van der Waals surface area (Å²) in [7, 11) is 8.67. The topological polar surface area (TPSA) is 18.5 Å². The highest BCUT2D eigenvalue weighted by Crippen LogP contribution is 2.26. The molecule has 3 atom stereocenters. The zero-order valence-corrected chi connectivity index (χ0v) is 11.7. The average molecular weight is 227 g/mol. The molecule has 0 radical (unpaired) electrons. The van der Waals surface area contributed by atoms with Crippen LogP contribution in [-0.4, -0.2) is 63.2 Å². The minimum atomic E-state index is 0.684. The van der Waals surface area contributed by atoms with E-state index < -0.39 is 0 Å². The van der Waals surface area contributed by atoms with Crippen molar-refractivity contribution in [1.82, 2.24) is 15.1 Å². The zero-order chi connectivity index (χ0) is 12.1. The van der Waals surface area contributed by atoms with Gasteiger partial charge in [0.25, 0.3) is 0 Å². The Morgan fingerprint density at radius 3 is 2.38 bits per heavy atom. The van der Waals surface area contributed by atoms with Crippen molar-refractivity contribution in [3.8, 4) is 0 Å². The molecule has 1 saturated carbocycles. The fourth-order valence-corrected chi connectivity index (χ4v) is 2.70. The van der Waals surface area contributed by atoms with Crippen molar-refractivity contribution in [3.63, 3.8) is 0 Å². The predicted octanol–water partition coefficient (Wildman–Crippen LogP) is 1.26. The largest absolute Gasteiger partial charge is 0.315 e. The third-order valence-corrected chi connectivity index (χ3v) is 3.92. The number of nitrogens with one attached hydrogen (secondary N) is 1. The molecule has 16 heavy (non-hydrogen) atoms. The Morgan fingerprint density at radius 1 is 1.12 bits per heavy atom. The van der Waals surface area contributed by atoms with Gasteiger partial charge in [0.2, 0.25) is 0 Å². The molecule has 3 unspecified atom stereocenters. The van der Waals surface area contributed by atoms with Crippen LogP contribution in [0.25, 0.3) is 0 Å². The minimum Gasteiger partial charge on any atom is -0.315 e. The first-order chi connectivity index (χ1) is 7.54. The molecule has 3 heteroatoms. The fraction of sp³-hybridized carbons (Fsp3) is 1.00. The Labute approximate surface area is 101 Å². The lowest BCUT2D eigenvalue weighted by molar-refractivity contribution is 0.121. The second-order valence-electron chi connectivity index (χ2n) is 5.66. The van der Waals surface area contributed by atoms with Crippen LogP contribution >= 0.6 is 0 Å². The summed E-state index contributed by atoms with van der Waals surface area (Å²) in [5, 5.41) is 3.49. The second-order valence-corrected chi connectivity index (χ2v) is 5.66. The number of nitrogens with zero attached hydrogens (tertiary/aromatic N) is 2. The van der Waals surface area contributed by atoms with Crippen molar-refractivity contribution in [2.45, 2.75) is 38.3 Å². The summed E-state index contributed by atoms with van der Waals surface area (Å²) in [5.74, 6) is 0.886. The van der Waals surface area contributed by atoms with Gasteiger partial charge in [-0.25, -0.2) is 0 Å². The van der Waals surface area contributed by atoms with Crippen molar-refractivity contribution in [3.05, 3.63) is 0 Å². The molecule has 0 aromatic rings. The molecular formula is C13H29N3. The summed E-state index contributed by atoms with van der Waals surface area (Å²) in [4.78, 5) is 4.80. The number of hydrogen-bond acceptors (Lipinski definition) is 3. The molecule has 0 aromatic carbocycles. The minimum absolute atomic E-state index is 0.684. The Kier molecular flexibility index (Phi) is 5.73. The third-order valence-electron chi connectivity index (χ3n) is 3.92. The van der Waals surface area contributed by atoms with E-state index in [0.29, 0.717) is 12.1 Å². The van der Waals surface area contributed by atoms with Crippen LogP contribution in [0, 0.1) is 5.92 Å². The van der Waals surface area contributed by atoms with Crippen LogP contribution in [0.4, 0.5) is 0 Å². The molecule has 0 amide bonds. The maximum absolute atomic E-state index is 3.49. The van der Waals surface area contributed by atoms with E-state index in [2.05, 4.69) is 50.2 Å². The molecule has 1 fully saturated rings. The summed E-state index contributed by atoms with van der Waals surface area (Å²) in [5.41, 5.74) is 0. The van der Waals surface area contributed by atoms with E-state index in [1.54, 1.807) is 0 Å². The van der Waals surface area contributed by atoms with Gasteiger partial charge in [-0.15, -0.1) is 0 Å². The van der Waals surface area contributed by atoms with E-state index in [4.69, 9.17) is 0 Å². The van der Waals surface area contributed by atoms with E-state index in [1.807, 2.05) is 0 Å². The van der Waals surface area contributed by atoms with Crippen LogP contribution in [-0.2, 0) is 0 Å². The highest BCUT2D eigenvalue weighted by Gasteiger charge is 2.30. The van der Waals surface area contributed by atoms with Crippen LogP contribution in [0.1, 0.15) is 26.2 Å². The van der Waals surface area contributed by atoms with E-state index in [-0.39, 0.29) is 0 Å². The van der Waals surface area contributed by atoms with E-state index >= 15 is 0 Å². The summed E-state index contributed by atoms with van der Waals surface area (Å²) in [6, 6.07) is 1.40. The monoisotopic (exact) mass is 227 g/mol. The summed E-state index contributed by atoms with van der Waals surface area (Å²) >= 11 is 0. The zero-order valence-electron chi connectivity index (χ0n) is 11.7. The van der Waals surface area contributed by atoms with Gasteiger partial charge >= 0.3 is 0 Å². The number of likely N-dealkylation sites (N-methyl/N-ethyl adjacent to an activating group) is 3. The van der Waals surface area contributed by atoms with E-state index in [0.717, 1.165) is 12.5 Å². The Bertz CT molecular complexity index is 194. The molecule has 0 spiro atoms. The first-order valence-corrected chi connectivity index (χ1v) is 6.56. The van der Waals surface area contributed by atoms with E-state index in [1.165, 1.54) is 25.8 Å². The normalized spacial score (nSPS) is 31.3.